The highest BCUT2D eigenvalue weighted by Gasteiger charge is 2.18. The SMILES string of the molecule is O=CC(Br)c1cc(Br)c(O)c(Br)c1O. The summed E-state index contributed by atoms with van der Waals surface area (Å²) in [6.07, 6.45) is 0.644. The van der Waals surface area contributed by atoms with E-state index < -0.39 is 4.83 Å². The monoisotopic (exact) mass is 386 g/mol. The van der Waals surface area contributed by atoms with Crippen LogP contribution in [0.3, 0.4) is 0 Å². The molecule has 2 N–H and O–H groups in total. The Balaban J connectivity index is 3.40. The molecule has 1 unspecified atom stereocenters. The van der Waals surface area contributed by atoms with Gasteiger partial charge < -0.3 is 15.0 Å². The molecule has 1 aromatic rings. The minimum Gasteiger partial charge on any atom is -0.506 e. The number of aromatic hydroxyl groups is 2. The van der Waals surface area contributed by atoms with Crippen molar-refractivity contribution in [2.75, 3.05) is 0 Å². The van der Waals surface area contributed by atoms with E-state index in [1.165, 1.54) is 6.07 Å². The van der Waals surface area contributed by atoms with Crippen LogP contribution < -0.4 is 0 Å². The van der Waals surface area contributed by atoms with Gasteiger partial charge in [0, 0.05) is 5.56 Å². The zero-order chi connectivity index (χ0) is 10.9. The molecule has 6 heteroatoms. The first-order valence-corrected chi connectivity index (χ1v) is 5.98. The number of carbonyl (C=O) groups excluding carboxylic acids is 1. The summed E-state index contributed by atoms with van der Waals surface area (Å²) >= 11 is 9.19. The van der Waals surface area contributed by atoms with Crippen molar-refractivity contribution in [3.63, 3.8) is 0 Å². The van der Waals surface area contributed by atoms with Crippen molar-refractivity contribution in [1.29, 1.82) is 0 Å². The molecule has 76 valence electrons. The van der Waals surface area contributed by atoms with Gasteiger partial charge in [-0.25, -0.2) is 0 Å². The number of alkyl halides is 1. The Kier molecular flexibility index (Phi) is 3.97. The van der Waals surface area contributed by atoms with Crippen LogP contribution in [0.25, 0.3) is 0 Å². The third kappa shape index (κ3) is 2.12. The zero-order valence-electron chi connectivity index (χ0n) is 6.67. The third-order valence-electron chi connectivity index (χ3n) is 1.61. The molecule has 0 radical (unpaired) electrons. The average Bonchev–Trinajstić information content (AvgIpc) is 2.19. The van der Waals surface area contributed by atoms with Gasteiger partial charge in [0.05, 0.1) is 9.30 Å². The highest BCUT2D eigenvalue weighted by atomic mass is 79.9. The van der Waals surface area contributed by atoms with E-state index in [1.54, 1.807) is 0 Å². The third-order valence-corrected chi connectivity index (χ3v) is 3.68. The van der Waals surface area contributed by atoms with Gasteiger partial charge in [-0.2, -0.15) is 0 Å². The van der Waals surface area contributed by atoms with Gasteiger partial charge in [-0.15, -0.1) is 0 Å². The summed E-state index contributed by atoms with van der Waals surface area (Å²) in [5, 5.41) is 19.0. The van der Waals surface area contributed by atoms with E-state index in [-0.39, 0.29) is 16.0 Å². The molecular weight excluding hydrogens is 384 g/mol. The van der Waals surface area contributed by atoms with E-state index in [1.807, 2.05) is 0 Å². The molecule has 1 rings (SSSR count). The summed E-state index contributed by atoms with van der Waals surface area (Å²) in [6.45, 7) is 0. The number of phenolic OH excluding ortho intramolecular Hbond substituents is 2. The van der Waals surface area contributed by atoms with Crippen molar-refractivity contribution in [2.45, 2.75) is 4.83 Å². The molecule has 0 fully saturated rings. The molecule has 1 aromatic carbocycles. The predicted molar refractivity (Wildman–Crippen MR) is 62.9 cm³/mol. The Bertz CT molecular complexity index is 379. The minimum atomic E-state index is -0.601. The number of halogens is 3. The van der Waals surface area contributed by atoms with Crippen molar-refractivity contribution < 1.29 is 15.0 Å². The molecule has 1 atom stereocenters. The van der Waals surface area contributed by atoms with Crippen LogP contribution in [0.4, 0.5) is 0 Å². The largest absolute Gasteiger partial charge is 0.506 e. The number of benzene rings is 1. The standard InChI is InChI=1S/C8H5Br3O3/c9-4-1-3(5(10)2-12)7(13)6(11)8(4)14/h1-2,5,13-14H. The fourth-order valence-corrected chi connectivity index (χ4v) is 2.40. The summed E-state index contributed by atoms with van der Waals surface area (Å²) in [4.78, 5) is 9.91. The summed E-state index contributed by atoms with van der Waals surface area (Å²) < 4.78 is 0.566. The molecule has 0 amide bonds. The van der Waals surface area contributed by atoms with Gasteiger partial charge in [0.2, 0.25) is 0 Å². The molecule has 0 aliphatic carbocycles. The molecule has 14 heavy (non-hydrogen) atoms. The first-order valence-electron chi connectivity index (χ1n) is 3.48. The Hall–Kier alpha value is -0.0700. The second kappa shape index (κ2) is 4.63. The first-order chi connectivity index (χ1) is 6.49. The lowest BCUT2D eigenvalue weighted by Gasteiger charge is -2.10. The van der Waals surface area contributed by atoms with Crippen molar-refractivity contribution in [3.8, 4) is 11.5 Å². The highest BCUT2D eigenvalue weighted by molar-refractivity contribution is 9.11. The maximum absolute atomic E-state index is 10.5. The second-order valence-electron chi connectivity index (χ2n) is 2.50. The molecular formula is C8H5Br3O3. The molecule has 0 saturated carbocycles. The number of carbonyl (C=O) groups is 1. The van der Waals surface area contributed by atoms with Crippen LogP contribution in [0.1, 0.15) is 10.4 Å². The molecule has 0 heterocycles. The van der Waals surface area contributed by atoms with Crippen molar-refractivity contribution in [1.82, 2.24) is 0 Å². The summed E-state index contributed by atoms with van der Waals surface area (Å²) in [6, 6.07) is 1.48. The normalized spacial score (nSPS) is 12.5. The fourth-order valence-electron chi connectivity index (χ4n) is 0.900. The number of aldehydes is 1. The second-order valence-corrected chi connectivity index (χ2v) is 5.13. The van der Waals surface area contributed by atoms with E-state index in [4.69, 9.17) is 0 Å². The van der Waals surface area contributed by atoms with E-state index in [9.17, 15) is 15.0 Å². The molecule has 0 aliphatic rings. The van der Waals surface area contributed by atoms with Crippen LogP contribution in [0, 0.1) is 0 Å². The molecule has 0 aromatic heterocycles. The van der Waals surface area contributed by atoms with Crippen molar-refractivity contribution >= 4 is 54.1 Å². The van der Waals surface area contributed by atoms with Crippen LogP contribution in [-0.4, -0.2) is 16.5 Å². The Morgan fingerprint density at radius 2 is 1.86 bits per heavy atom. The molecule has 3 nitrogen and oxygen atoms in total. The smallest absolute Gasteiger partial charge is 0.147 e. The lowest BCUT2D eigenvalue weighted by Crippen LogP contribution is -1.92. The fraction of sp³-hybridized carbons (Fsp3) is 0.125. The average molecular weight is 389 g/mol. The van der Waals surface area contributed by atoms with Crippen molar-refractivity contribution in [3.05, 3.63) is 20.6 Å². The van der Waals surface area contributed by atoms with Crippen LogP contribution >= 0.6 is 47.8 Å². The van der Waals surface area contributed by atoms with Crippen LogP contribution in [0.5, 0.6) is 11.5 Å². The molecule has 0 aliphatic heterocycles. The minimum absolute atomic E-state index is 0.100. The Morgan fingerprint density at radius 1 is 1.29 bits per heavy atom. The van der Waals surface area contributed by atoms with Gasteiger partial charge in [0.1, 0.15) is 22.3 Å². The number of hydrogen-bond donors (Lipinski definition) is 2. The van der Waals surface area contributed by atoms with Crippen LogP contribution in [0.2, 0.25) is 0 Å². The first kappa shape index (κ1) is 12.0. The van der Waals surface area contributed by atoms with Gasteiger partial charge in [0.15, 0.2) is 0 Å². The predicted octanol–water partition coefficient (Wildman–Crippen LogP) is 3.26. The van der Waals surface area contributed by atoms with E-state index in [0.29, 0.717) is 16.3 Å². The lowest BCUT2D eigenvalue weighted by atomic mass is 10.1. The van der Waals surface area contributed by atoms with Crippen LogP contribution in [0.15, 0.2) is 15.0 Å². The van der Waals surface area contributed by atoms with E-state index >= 15 is 0 Å². The zero-order valence-corrected chi connectivity index (χ0v) is 11.4. The Labute approximate surface area is 106 Å². The number of hydrogen-bond acceptors (Lipinski definition) is 3. The van der Waals surface area contributed by atoms with Crippen molar-refractivity contribution in [2.24, 2.45) is 0 Å². The van der Waals surface area contributed by atoms with E-state index in [0.717, 1.165) is 0 Å². The Morgan fingerprint density at radius 3 is 2.36 bits per heavy atom. The number of phenols is 2. The summed E-state index contributed by atoms with van der Waals surface area (Å²) in [5.74, 6) is -0.253. The van der Waals surface area contributed by atoms with Gasteiger partial charge in [-0.05, 0) is 37.9 Å². The molecule has 0 saturated heterocycles. The van der Waals surface area contributed by atoms with Gasteiger partial charge in [-0.1, -0.05) is 15.9 Å². The molecule has 0 spiro atoms. The number of rotatable bonds is 2. The lowest BCUT2D eigenvalue weighted by molar-refractivity contribution is -0.107. The quantitative estimate of drug-likeness (QED) is 0.604. The van der Waals surface area contributed by atoms with E-state index in [2.05, 4.69) is 47.8 Å². The topological polar surface area (TPSA) is 57.5 Å². The molecule has 0 bridgehead atoms. The highest BCUT2D eigenvalue weighted by Crippen LogP contribution is 2.44. The summed E-state index contributed by atoms with van der Waals surface area (Å²) in [5.41, 5.74) is 0.386. The van der Waals surface area contributed by atoms with Gasteiger partial charge >= 0.3 is 0 Å². The summed E-state index contributed by atoms with van der Waals surface area (Å²) in [7, 11) is 0. The van der Waals surface area contributed by atoms with Gasteiger partial charge in [0.25, 0.3) is 0 Å². The maximum atomic E-state index is 10.5. The van der Waals surface area contributed by atoms with Crippen LogP contribution in [-0.2, 0) is 4.79 Å². The van der Waals surface area contributed by atoms with Gasteiger partial charge in [-0.3, -0.25) is 0 Å². The maximum Gasteiger partial charge on any atom is 0.147 e.